The molecule has 0 fully saturated rings. The molecule has 0 aliphatic rings. The van der Waals surface area contributed by atoms with Gasteiger partial charge in [-0.25, -0.2) is 0 Å². The van der Waals surface area contributed by atoms with Gasteiger partial charge in [-0.3, -0.25) is 9.59 Å². The molecular weight excluding hydrogens is 400 g/mol. The molecule has 0 bridgehead atoms. The zero-order chi connectivity index (χ0) is 21.5. The van der Waals surface area contributed by atoms with Crippen molar-refractivity contribution < 1.29 is 9.59 Å². The van der Waals surface area contributed by atoms with Gasteiger partial charge in [0.25, 0.3) is 0 Å². The first-order valence-corrected chi connectivity index (χ1v) is 10.8. The topological polar surface area (TPSA) is 34.1 Å². The first kappa shape index (κ1) is 20.6. The van der Waals surface area contributed by atoms with Crippen LogP contribution in [0.4, 0.5) is 0 Å². The van der Waals surface area contributed by atoms with Crippen molar-refractivity contribution >= 4 is 33.1 Å². The predicted molar refractivity (Wildman–Crippen MR) is 129 cm³/mol. The highest BCUT2D eigenvalue weighted by atomic mass is 32.2. The zero-order valence-electron chi connectivity index (χ0n) is 16.8. The number of thioether (sulfide) groups is 1. The molecule has 4 aromatic rings. The van der Waals surface area contributed by atoms with Gasteiger partial charge in [0, 0.05) is 21.6 Å². The quantitative estimate of drug-likeness (QED) is 0.191. The molecule has 4 rings (SSSR count). The lowest BCUT2D eigenvalue weighted by Crippen LogP contribution is -2.06. The number of hydrogen-bond donors (Lipinski definition) is 0. The Morgan fingerprint density at radius 2 is 0.839 bits per heavy atom. The summed E-state index contributed by atoms with van der Waals surface area (Å²) in [5, 5.41) is -0.103. The normalized spacial score (nSPS) is 11.5. The number of carbonyl (C=O) groups is 2. The van der Waals surface area contributed by atoms with Crippen molar-refractivity contribution in [1.82, 2.24) is 0 Å². The summed E-state index contributed by atoms with van der Waals surface area (Å²) < 4.78 is 0. The van der Waals surface area contributed by atoms with Crippen LogP contribution in [0, 0.1) is 0 Å². The van der Waals surface area contributed by atoms with Crippen LogP contribution in [0.2, 0.25) is 0 Å². The summed E-state index contributed by atoms with van der Waals surface area (Å²) in [7, 11) is 0. The minimum absolute atomic E-state index is 0.103. The lowest BCUT2D eigenvalue weighted by atomic mass is 9.94. The molecule has 0 aliphatic heterocycles. The van der Waals surface area contributed by atoms with Crippen LogP contribution in [0.15, 0.2) is 121 Å². The third-order valence-electron chi connectivity index (χ3n) is 4.79. The Morgan fingerprint density at radius 3 is 1.32 bits per heavy atom. The van der Waals surface area contributed by atoms with Gasteiger partial charge >= 0.3 is 0 Å². The molecule has 0 aromatic heterocycles. The monoisotopic (exact) mass is 420 g/mol. The molecule has 2 nitrogen and oxygen atoms in total. The van der Waals surface area contributed by atoms with E-state index in [2.05, 4.69) is 0 Å². The molecule has 31 heavy (non-hydrogen) atoms. The summed E-state index contributed by atoms with van der Waals surface area (Å²) in [4.78, 5) is 27.5. The van der Waals surface area contributed by atoms with Crippen LogP contribution in [0.25, 0.3) is 10.5 Å². The summed E-state index contributed by atoms with van der Waals surface area (Å²) in [6.45, 7) is 0. The summed E-state index contributed by atoms with van der Waals surface area (Å²) >= 11 is 1.10. The van der Waals surface area contributed by atoms with E-state index in [9.17, 15) is 9.59 Å². The summed E-state index contributed by atoms with van der Waals surface area (Å²) in [6.07, 6.45) is 0. The molecule has 0 N–H and O–H groups in total. The lowest BCUT2D eigenvalue weighted by molar-refractivity contribution is 0.105. The molecule has 0 amide bonds. The zero-order valence-corrected chi connectivity index (χ0v) is 17.6. The number of benzene rings is 4. The Balaban J connectivity index is 1.92. The second kappa shape index (κ2) is 9.88. The second-order valence-electron chi connectivity index (χ2n) is 6.89. The Kier molecular flexibility index (Phi) is 6.56. The average Bonchev–Trinajstić information content (AvgIpc) is 2.85. The smallest absolute Gasteiger partial charge is 0.224 e. The molecule has 0 unspecified atom stereocenters. The van der Waals surface area contributed by atoms with E-state index >= 15 is 0 Å². The number of allylic oxidation sites excluding steroid dienone is 1. The van der Waals surface area contributed by atoms with Crippen LogP contribution in [0.5, 0.6) is 0 Å². The summed E-state index contributed by atoms with van der Waals surface area (Å²) in [5.74, 6) is -0.112. The molecule has 150 valence electrons. The number of Topliss-reactive ketones (excluding diaryl/α,β-unsaturated/α-hetero) is 1. The van der Waals surface area contributed by atoms with Gasteiger partial charge in [-0.1, -0.05) is 121 Å². The molecule has 0 spiro atoms. The van der Waals surface area contributed by atoms with E-state index in [1.54, 1.807) is 24.3 Å². The molecule has 0 aliphatic carbocycles. The second-order valence-corrected chi connectivity index (χ2v) is 7.87. The van der Waals surface area contributed by atoms with Gasteiger partial charge in [0.05, 0.1) is 0 Å². The standard InChI is InChI=1S/C28H20O2S/c29-26(22-15-7-2-8-16-22)25(21-13-5-1-6-14-21)27(23-17-9-3-10-18-23)31-28(30)24-19-11-4-12-20-24/h1-20H. The van der Waals surface area contributed by atoms with Crippen molar-refractivity contribution in [3.8, 4) is 0 Å². The van der Waals surface area contributed by atoms with Crippen LogP contribution < -0.4 is 0 Å². The number of ketones is 1. The van der Waals surface area contributed by atoms with Gasteiger partial charge in [-0.05, 0) is 22.9 Å². The number of hydrogen-bond acceptors (Lipinski definition) is 3. The first-order valence-electron chi connectivity index (χ1n) is 9.96. The predicted octanol–water partition coefficient (Wildman–Crippen LogP) is 7.01. The molecule has 0 saturated carbocycles. The van der Waals surface area contributed by atoms with Crippen molar-refractivity contribution in [2.45, 2.75) is 0 Å². The van der Waals surface area contributed by atoms with Gasteiger partial charge in [-0.15, -0.1) is 0 Å². The fourth-order valence-corrected chi connectivity index (χ4v) is 4.28. The van der Waals surface area contributed by atoms with E-state index in [0.29, 0.717) is 21.6 Å². The van der Waals surface area contributed by atoms with Gasteiger partial charge in [-0.2, -0.15) is 0 Å². The maximum atomic E-state index is 13.7. The SMILES string of the molecule is O=C(SC(=C(C(=O)c1ccccc1)c1ccccc1)c1ccccc1)c1ccccc1. The van der Waals surface area contributed by atoms with Crippen molar-refractivity contribution in [2.75, 3.05) is 0 Å². The molecule has 0 radical (unpaired) electrons. The average molecular weight is 421 g/mol. The van der Waals surface area contributed by atoms with Crippen LogP contribution in [0.3, 0.4) is 0 Å². The first-order chi connectivity index (χ1) is 15.2. The molecule has 0 saturated heterocycles. The lowest BCUT2D eigenvalue weighted by Gasteiger charge is -2.15. The molecule has 4 aromatic carbocycles. The van der Waals surface area contributed by atoms with Gasteiger partial charge in [0.1, 0.15) is 0 Å². The maximum Gasteiger partial charge on any atom is 0.224 e. The highest BCUT2D eigenvalue weighted by Gasteiger charge is 2.23. The van der Waals surface area contributed by atoms with Crippen molar-refractivity contribution in [3.05, 3.63) is 144 Å². The van der Waals surface area contributed by atoms with Crippen molar-refractivity contribution in [2.24, 2.45) is 0 Å². The van der Waals surface area contributed by atoms with Gasteiger partial charge in [0.2, 0.25) is 5.12 Å². The van der Waals surface area contributed by atoms with E-state index in [-0.39, 0.29) is 10.9 Å². The minimum atomic E-state index is -0.112. The molecule has 0 atom stereocenters. The van der Waals surface area contributed by atoms with E-state index in [0.717, 1.165) is 22.9 Å². The number of rotatable bonds is 6. The maximum absolute atomic E-state index is 13.7. The van der Waals surface area contributed by atoms with E-state index in [1.165, 1.54) is 0 Å². The minimum Gasteiger partial charge on any atom is -0.289 e. The van der Waals surface area contributed by atoms with Crippen LogP contribution in [-0.4, -0.2) is 10.9 Å². The molecule has 3 heteroatoms. The third kappa shape index (κ3) is 4.90. The van der Waals surface area contributed by atoms with E-state index in [1.807, 2.05) is 97.1 Å². The van der Waals surface area contributed by atoms with Gasteiger partial charge in [0.15, 0.2) is 5.78 Å². The van der Waals surface area contributed by atoms with E-state index < -0.39 is 0 Å². The van der Waals surface area contributed by atoms with Crippen molar-refractivity contribution in [1.29, 1.82) is 0 Å². The molecular formula is C28H20O2S. The highest BCUT2D eigenvalue weighted by Crippen LogP contribution is 2.39. The summed E-state index contributed by atoms with van der Waals surface area (Å²) in [5.41, 5.74) is 3.32. The highest BCUT2D eigenvalue weighted by molar-refractivity contribution is 8.22. The fourth-order valence-electron chi connectivity index (χ4n) is 3.27. The van der Waals surface area contributed by atoms with Crippen molar-refractivity contribution in [3.63, 3.8) is 0 Å². The fraction of sp³-hybridized carbons (Fsp3) is 0. The summed E-state index contributed by atoms with van der Waals surface area (Å²) in [6, 6.07) is 37.5. The van der Waals surface area contributed by atoms with Crippen LogP contribution in [0.1, 0.15) is 31.8 Å². The Labute approximate surface area is 186 Å². The van der Waals surface area contributed by atoms with E-state index in [4.69, 9.17) is 0 Å². The Bertz CT molecular complexity index is 1200. The Hall–Kier alpha value is -3.69. The van der Waals surface area contributed by atoms with Gasteiger partial charge < -0.3 is 0 Å². The third-order valence-corrected chi connectivity index (χ3v) is 5.86. The number of carbonyl (C=O) groups excluding carboxylic acids is 2. The Morgan fingerprint density at radius 1 is 0.452 bits per heavy atom. The largest absolute Gasteiger partial charge is 0.289 e. The van der Waals surface area contributed by atoms with Crippen LogP contribution >= 0.6 is 11.8 Å². The van der Waals surface area contributed by atoms with Crippen LogP contribution in [-0.2, 0) is 0 Å². The molecule has 0 heterocycles.